The molecule has 3 nitrogen and oxygen atoms in total. The summed E-state index contributed by atoms with van der Waals surface area (Å²) >= 11 is 5.56. The molecular formula is C6H6Cl2N2O. The van der Waals surface area contributed by atoms with Crippen LogP contribution >= 0.6 is 24.0 Å². The lowest BCUT2D eigenvalue weighted by Crippen LogP contribution is -2.13. The molecule has 0 atom stereocenters. The van der Waals surface area contributed by atoms with E-state index in [0.717, 1.165) is 0 Å². The fourth-order valence-corrected chi connectivity index (χ4v) is 0.782. The average molecular weight is 193 g/mol. The Morgan fingerprint density at radius 1 is 1.64 bits per heavy atom. The van der Waals surface area contributed by atoms with Crippen LogP contribution in [0.1, 0.15) is 10.5 Å². The normalized spacial score (nSPS) is 8.45. The second-order valence-electron chi connectivity index (χ2n) is 1.70. The Bertz CT molecular complexity index is 265. The zero-order valence-corrected chi connectivity index (χ0v) is 7.02. The summed E-state index contributed by atoms with van der Waals surface area (Å²) in [7, 11) is 0. The summed E-state index contributed by atoms with van der Waals surface area (Å²) < 4.78 is 0. The van der Waals surface area contributed by atoms with Crippen LogP contribution in [0.5, 0.6) is 0 Å². The van der Waals surface area contributed by atoms with Gasteiger partial charge in [0.15, 0.2) is 0 Å². The van der Waals surface area contributed by atoms with Crippen LogP contribution in [0.15, 0.2) is 18.3 Å². The van der Waals surface area contributed by atoms with Crippen molar-refractivity contribution < 1.29 is 4.79 Å². The Morgan fingerprint density at radius 3 is 2.64 bits per heavy atom. The third kappa shape index (κ3) is 2.37. The minimum atomic E-state index is -0.606. The minimum Gasteiger partial charge on any atom is -0.364 e. The maximum Gasteiger partial charge on any atom is 0.268 e. The van der Waals surface area contributed by atoms with Gasteiger partial charge in [-0.3, -0.25) is 4.79 Å². The number of carbonyl (C=O) groups is 1. The molecule has 0 radical (unpaired) electrons. The first-order chi connectivity index (χ1) is 4.72. The summed E-state index contributed by atoms with van der Waals surface area (Å²) in [5, 5.41) is 0.287. The van der Waals surface area contributed by atoms with Gasteiger partial charge < -0.3 is 5.73 Å². The van der Waals surface area contributed by atoms with E-state index in [-0.39, 0.29) is 23.1 Å². The topological polar surface area (TPSA) is 56.0 Å². The summed E-state index contributed by atoms with van der Waals surface area (Å²) in [5.41, 5.74) is 5.04. The Balaban J connectivity index is 0.000001000. The highest BCUT2D eigenvalue weighted by Crippen LogP contribution is 2.10. The van der Waals surface area contributed by atoms with Crippen LogP contribution in [-0.4, -0.2) is 10.9 Å². The number of nitrogens with zero attached hydrogens (tertiary/aromatic N) is 1. The minimum absolute atomic E-state index is 0. The van der Waals surface area contributed by atoms with Gasteiger partial charge in [0.05, 0.1) is 5.02 Å². The molecule has 1 rings (SSSR count). The highest BCUT2D eigenvalue weighted by molar-refractivity contribution is 6.33. The van der Waals surface area contributed by atoms with Crippen molar-refractivity contribution in [3.05, 3.63) is 29.0 Å². The number of primary amides is 1. The van der Waals surface area contributed by atoms with Crippen molar-refractivity contribution in [1.82, 2.24) is 4.98 Å². The van der Waals surface area contributed by atoms with E-state index in [1.807, 2.05) is 0 Å². The van der Waals surface area contributed by atoms with Gasteiger partial charge in [0, 0.05) is 6.20 Å². The molecule has 0 aliphatic rings. The van der Waals surface area contributed by atoms with Crippen LogP contribution in [0.4, 0.5) is 0 Å². The summed E-state index contributed by atoms with van der Waals surface area (Å²) in [6.45, 7) is 0. The molecule has 5 heteroatoms. The molecule has 0 aliphatic carbocycles. The van der Waals surface area contributed by atoms with Gasteiger partial charge in [-0.25, -0.2) is 4.98 Å². The van der Waals surface area contributed by atoms with E-state index >= 15 is 0 Å². The van der Waals surface area contributed by atoms with Crippen molar-refractivity contribution in [3.8, 4) is 0 Å². The molecule has 0 unspecified atom stereocenters. The average Bonchev–Trinajstić information content (AvgIpc) is 1.88. The quantitative estimate of drug-likeness (QED) is 0.729. The van der Waals surface area contributed by atoms with Crippen LogP contribution in [-0.2, 0) is 0 Å². The number of pyridine rings is 1. The van der Waals surface area contributed by atoms with Crippen molar-refractivity contribution in [1.29, 1.82) is 0 Å². The van der Waals surface area contributed by atoms with E-state index in [1.54, 1.807) is 12.1 Å². The number of rotatable bonds is 1. The molecule has 0 saturated carbocycles. The number of nitrogens with two attached hydrogens (primary N) is 1. The van der Waals surface area contributed by atoms with Crippen LogP contribution in [0.3, 0.4) is 0 Å². The first-order valence-corrected chi connectivity index (χ1v) is 3.00. The molecule has 1 aromatic heterocycles. The fourth-order valence-electron chi connectivity index (χ4n) is 0.567. The molecule has 0 aromatic carbocycles. The van der Waals surface area contributed by atoms with E-state index in [9.17, 15) is 4.79 Å². The predicted molar refractivity (Wildman–Crippen MR) is 45.0 cm³/mol. The van der Waals surface area contributed by atoms with Crippen molar-refractivity contribution in [2.24, 2.45) is 5.73 Å². The lowest BCUT2D eigenvalue weighted by molar-refractivity contribution is 0.0996. The molecule has 2 N–H and O–H groups in total. The standard InChI is InChI=1S/C6H5ClN2O.ClH/c7-4-2-1-3-9-5(4)6(8)10;/h1-3H,(H2,8,10);1H. The molecule has 1 amide bonds. The van der Waals surface area contributed by atoms with Crippen LogP contribution in [0.2, 0.25) is 5.02 Å². The Morgan fingerprint density at radius 2 is 2.27 bits per heavy atom. The first kappa shape index (κ1) is 10.2. The van der Waals surface area contributed by atoms with Gasteiger partial charge in [-0.15, -0.1) is 12.4 Å². The van der Waals surface area contributed by atoms with Gasteiger partial charge in [-0.2, -0.15) is 0 Å². The largest absolute Gasteiger partial charge is 0.364 e. The van der Waals surface area contributed by atoms with Gasteiger partial charge in [0.25, 0.3) is 5.91 Å². The summed E-state index contributed by atoms with van der Waals surface area (Å²) in [6, 6.07) is 3.20. The molecule has 0 saturated heterocycles. The van der Waals surface area contributed by atoms with Gasteiger partial charge in [0.1, 0.15) is 5.69 Å². The molecule has 0 aliphatic heterocycles. The van der Waals surface area contributed by atoms with Crippen LogP contribution in [0.25, 0.3) is 0 Å². The molecule has 11 heavy (non-hydrogen) atoms. The van der Waals surface area contributed by atoms with E-state index in [1.165, 1.54) is 6.20 Å². The maximum absolute atomic E-state index is 10.5. The predicted octanol–water partition coefficient (Wildman–Crippen LogP) is 1.26. The number of hydrogen-bond donors (Lipinski definition) is 1. The van der Waals surface area contributed by atoms with Crippen molar-refractivity contribution >= 4 is 29.9 Å². The van der Waals surface area contributed by atoms with Crippen molar-refractivity contribution in [2.75, 3.05) is 0 Å². The SMILES string of the molecule is Cl.NC(=O)c1ncccc1Cl. The van der Waals surface area contributed by atoms with Gasteiger partial charge >= 0.3 is 0 Å². The third-order valence-corrected chi connectivity index (χ3v) is 1.30. The number of carbonyl (C=O) groups excluding carboxylic acids is 1. The molecule has 60 valence electrons. The number of halogens is 2. The smallest absolute Gasteiger partial charge is 0.268 e. The fraction of sp³-hybridized carbons (Fsp3) is 0. The number of amides is 1. The van der Waals surface area contributed by atoms with E-state index in [4.69, 9.17) is 17.3 Å². The summed E-state index contributed by atoms with van der Waals surface area (Å²) in [6.07, 6.45) is 1.46. The molecule has 0 spiro atoms. The van der Waals surface area contributed by atoms with Gasteiger partial charge in [-0.1, -0.05) is 11.6 Å². The van der Waals surface area contributed by atoms with E-state index < -0.39 is 5.91 Å². The van der Waals surface area contributed by atoms with Gasteiger partial charge in [-0.05, 0) is 12.1 Å². The molecule has 0 bridgehead atoms. The summed E-state index contributed by atoms with van der Waals surface area (Å²) in [4.78, 5) is 14.2. The molecule has 0 fully saturated rings. The molecule has 1 heterocycles. The Labute approximate surface area is 75.0 Å². The second-order valence-corrected chi connectivity index (χ2v) is 2.11. The first-order valence-electron chi connectivity index (χ1n) is 2.62. The zero-order valence-electron chi connectivity index (χ0n) is 5.45. The van der Waals surface area contributed by atoms with E-state index in [2.05, 4.69) is 4.98 Å². The highest BCUT2D eigenvalue weighted by atomic mass is 35.5. The zero-order chi connectivity index (χ0) is 7.56. The Hall–Kier alpha value is -0.800. The maximum atomic E-state index is 10.5. The lowest BCUT2D eigenvalue weighted by atomic mass is 10.3. The number of hydrogen-bond acceptors (Lipinski definition) is 2. The third-order valence-electron chi connectivity index (χ3n) is 0.992. The van der Waals surface area contributed by atoms with Crippen LogP contribution < -0.4 is 5.73 Å². The van der Waals surface area contributed by atoms with Crippen LogP contribution in [0, 0.1) is 0 Å². The van der Waals surface area contributed by atoms with Gasteiger partial charge in [0.2, 0.25) is 0 Å². The van der Waals surface area contributed by atoms with E-state index in [0.29, 0.717) is 0 Å². The molecule has 1 aromatic rings. The monoisotopic (exact) mass is 192 g/mol. The number of aromatic nitrogens is 1. The molecular weight excluding hydrogens is 187 g/mol. The lowest BCUT2D eigenvalue weighted by Gasteiger charge is -1.94. The Kier molecular flexibility index (Phi) is 3.85. The van der Waals surface area contributed by atoms with Crippen molar-refractivity contribution in [2.45, 2.75) is 0 Å². The second kappa shape index (κ2) is 4.16. The summed E-state index contributed by atoms with van der Waals surface area (Å²) in [5.74, 6) is -0.606. The highest BCUT2D eigenvalue weighted by Gasteiger charge is 2.04. The van der Waals surface area contributed by atoms with Crippen molar-refractivity contribution in [3.63, 3.8) is 0 Å².